The van der Waals surface area contributed by atoms with Crippen molar-refractivity contribution >= 4 is 18.7 Å². The van der Waals surface area contributed by atoms with Gasteiger partial charge in [0.2, 0.25) is 0 Å². The highest BCUT2D eigenvalue weighted by Crippen LogP contribution is 2.40. The lowest BCUT2D eigenvalue weighted by atomic mass is 10.9. The maximum Gasteiger partial charge on any atom is 0.120 e. The summed E-state index contributed by atoms with van der Waals surface area (Å²) in [6, 6.07) is 0. The zero-order chi connectivity index (χ0) is 6.78. The summed E-state index contributed by atoms with van der Waals surface area (Å²) in [5, 5.41) is 8.80. The van der Waals surface area contributed by atoms with E-state index in [1.54, 1.807) is 0 Å². The van der Waals surface area contributed by atoms with E-state index in [-0.39, 0.29) is 5.88 Å². The molecule has 2 nitrogen and oxygen atoms in total. The van der Waals surface area contributed by atoms with Gasteiger partial charge in [0.1, 0.15) is 13.0 Å². The number of alkyl halides is 1. The van der Waals surface area contributed by atoms with Gasteiger partial charge in [0.15, 0.2) is 0 Å². The van der Waals surface area contributed by atoms with Crippen LogP contribution in [-0.4, -0.2) is 30.2 Å². The summed E-state index contributed by atoms with van der Waals surface area (Å²) in [7, 11) is -2.33. The molecule has 1 atom stereocenters. The lowest BCUT2D eigenvalue weighted by Crippen LogP contribution is -2.06. The van der Waals surface area contributed by atoms with Crippen molar-refractivity contribution in [3.05, 3.63) is 0 Å². The second kappa shape index (κ2) is 2.86. The molecule has 0 radical (unpaired) electrons. The van der Waals surface area contributed by atoms with Gasteiger partial charge in [0, 0.05) is 0 Å². The number of rotatable bonds is 2. The lowest BCUT2D eigenvalue weighted by Gasteiger charge is -2.10. The van der Waals surface area contributed by atoms with Gasteiger partial charge in [-0.25, -0.2) is 0 Å². The van der Waals surface area contributed by atoms with Crippen LogP contribution in [0.2, 0.25) is 0 Å². The lowest BCUT2D eigenvalue weighted by molar-refractivity contribution is 0.272. The Morgan fingerprint density at radius 2 is 2.12 bits per heavy atom. The van der Waals surface area contributed by atoms with E-state index in [1.165, 1.54) is 13.3 Å². The van der Waals surface area contributed by atoms with Crippen molar-refractivity contribution in [2.24, 2.45) is 0 Å². The molecule has 0 aromatic carbocycles. The number of aliphatic hydroxyl groups excluding tert-OH is 1. The van der Waals surface area contributed by atoms with Crippen molar-refractivity contribution in [3.8, 4) is 0 Å². The topological polar surface area (TPSA) is 37.3 Å². The predicted octanol–water partition coefficient (Wildman–Crippen LogP) is 1.17. The molecule has 0 saturated carbocycles. The van der Waals surface area contributed by atoms with Crippen LogP contribution in [0.5, 0.6) is 0 Å². The van der Waals surface area contributed by atoms with Crippen molar-refractivity contribution in [2.75, 3.05) is 19.2 Å². The van der Waals surface area contributed by atoms with Crippen LogP contribution in [-0.2, 0) is 4.57 Å². The highest BCUT2D eigenvalue weighted by molar-refractivity contribution is 7.62. The van der Waals surface area contributed by atoms with Crippen LogP contribution in [0.1, 0.15) is 0 Å². The second-order valence-corrected chi connectivity index (χ2v) is 5.84. The Kier molecular flexibility index (Phi) is 3.03. The van der Waals surface area contributed by atoms with Crippen molar-refractivity contribution in [1.82, 2.24) is 0 Å². The van der Waals surface area contributed by atoms with Gasteiger partial charge in [-0.05, 0) is 13.3 Å². The summed E-state index contributed by atoms with van der Waals surface area (Å²) in [6.07, 6.45) is 0. The molecule has 0 amide bonds. The maximum atomic E-state index is 10.8. The average Bonchev–Trinajstić information content (AvgIpc) is 1.62. The van der Waals surface area contributed by atoms with E-state index in [0.29, 0.717) is 0 Å². The molecule has 0 aromatic rings. The fourth-order valence-corrected chi connectivity index (χ4v) is 1.50. The average molecular weight is 157 g/mol. The van der Waals surface area contributed by atoms with E-state index in [1.807, 2.05) is 0 Å². The van der Waals surface area contributed by atoms with Crippen LogP contribution in [0.3, 0.4) is 0 Å². The first-order chi connectivity index (χ1) is 3.48. The molecule has 0 spiro atoms. The molecule has 8 heavy (non-hydrogen) atoms. The quantitative estimate of drug-likeness (QED) is 0.481. The van der Waals surface area contributed by atoms with Gasteiger partial charge in [-0.15, -0.1) is 11.6 Å². The molecule has 4 heteroatoms. The minimum absolute atomic E-state index is 0.0598. The van der Waals surface area contributed by atoms with Gasteiger partial charge in [-0.2, -0.15) is 0 Å². The molecule has 0 bridgehead atoms. The van der Waals surface area contributed by atoms with Crippen molar-refractivity contribution in [3.63, 3.8) is 0 Å². The zero-order valence-corrected chi connectivity index (χ0v) is 6.62. The van der Waals surface area contributed by atoms with E-state index in [2.05, 4.69) is 0 Å². The Labute approximate surface area is 54.2 Å². The highest BCUT2D eigenvalue weighted by Gasteiger charge is 2.17. The van der Waals surface area contributed by atoms with E-state index >= 15 is 0 Å². The zero-order valence-electron chi connectivity index (χ0n) is 4.97. The molecule has 0 saturated heterocycles. The molecular weight excluding hydrogens is 146 g/mol. The molecular formula is C4H10ClO2P. The first-order valence-electron chi connectivity index (χ1n) is 2.27. The summed E-state index contributed by atoms with van der Waals surface area (Å²) in [6.45, 7) is 3.03. The van der Waals surface area contributed by atoms with E-state index in [4.69, 9.17) is 16.7 Å². The largest absolute Gasteiger partial charge is 0.384 e. The monoisotopic (exact) mass is 156 g/mol. The molecule has 0 aromatic heterocycles. The molecule has 50 valence electrons. The molecule has 0 heterocycles. The molecule has 0 rings (SSSR count). The summed E-state index contributed by atoms with van der Waals surface area (Å²) in [5.41, 5.74) is 0. The Morgan fingerprint density at radius 1 is 1.75 bits per heavy atom. The van der Waals surface area contributed by atoms with E-state index in [0.717, 1.165) is 0 Å². The van der Waals surface area contributed by atoms with Crippen LogP contribution in [0.4, 0.5) is 0 Å². The Morgan fingerprint density at radius 3 is 2.12 bits per heavy atom. The van der Waals surface area contributed by atoms with Gasteiger partial charge < -0.3 is 9.67 Å². The molecule has 0 aliphatic rings. The number of hydrogen-bond acceptors (Lipinski definition) is 2. The van der Waals surface area contributed by atoms with Crippen LogP contribution >= 0.6 is 18.7 Å². The summed E-state index contributed by atoms with van der Waals surface area (Å²) in [5.74, 6) is -0.770. The predicted molar refractivity (Wildman–Crippen MR) is 36.2 cm³/mol. The fourth-order valence-electron chi connectivity index (χ4n) is 0.166. The van der Waals surface area contributed by atoms with Crippen molar-refractivity contribution in [2.45, 2.75) is 5.85 Å². The summed E-state index contributed by atoms with van der Waals surface area (Å²) in [4.78, 5) is 0. The van der Waals surface area contributed by atoms with Crippen molar-refractivity contribution in [1.29, 1.82) is 0 Å². The van der Waals surface area contributed by atoms with E-state index in [9.17, 15) is 4.57 Å². The Hall–Kier alpha value is 0.480. The number of halogens is 1. The second-order valence-electron chi connectivity index (χ2n) is 2.07. The SMILES string of the molecule is CP(C)(=O)[C@H](O)CCl. The van der Waals surface area contributed by atoms with Gasteiger partial charge >= 0.3 is 0 Å². The first-order valence-corrected chi connectivity index (χ1v) is 5.47. The van der Waals surface area contributed by atoms with Gasteiger partial charge in [-0.1, -0.05) is 0 Å². The molecule has 0 unspecified atom stereocenters. The number of aliphatic hydroxyl groups is 1. The molecule has 0 fully saturated rings. The first kappa shape index (κ1) is 8.48. The third kappa shape index (κ3) is 2.71. The summed E-state index contributed by atoms with van der Waals surface area (Å²) < 4.78 is 10.8. The maximum absolute atomic E-state index is 10.8. The summed E-state index contributed by atoms with van der Waals surface area (Å²) >= 11 is 5.21. The van der Waals surface area contributed by atoms with Gasteiger partial charge in [0.25, 0.3) is 0 Å². The smallest absolute Gasteiger partial charge is 0.120 e. The minimum atomic E-state index is -2.33. The van der Waals surface area contributed by atoms with Crippen LogP contribution in [0.15, 0.2) is 0 Å². The molecule has 1 N–H and O–H groups in total. The third-order valence-electron chi connectivity index (χ3n) is 0.856. The van der Waals surface area contributed by atoms with Crippen LogP contribution in [0, 0.1) is 0 Å². The Bertz CT molecular complexity index is 109. The third-order valence-corrected chi connectivity index (χ3v) is 2.98. The van der Waals surface area contributed by atoms with Gasteiger partial charge in [0.05, 0.1) is 5.88 Å². The highest BCUT2D eigenvalue weighted by atomic mass is 35.5. The normalized spacial score (nSPS) is 16.0. The van der Waals surface area contributed by atoms with Crippen molar-refractivity contribution < 1.29 is 9.67 Å². The molecule has 0 aliphatic carbocycles. The number of hydrogen-bond donors (Lipinski definition) is 1. The van der Waals surface area contributed by atoms with Crippen LogP contribution < -0.4 is 0 Å². The fraction of sp³-hybridized carbons (Fsp3) is 1.00. The Balaban J connectivity index is 3.82. The molecule has 0 aliphatic heterocycles. The van der Waals surface area contributed by atoms with Gasteiger partial charge in [-0.3, -0.25) is 0 Å². The minimum Gasteiger partial charge on any atom is -0.384 e. The standard InChI is InChI=1S/C4H10ClO2P/c1-8(2,7)4(6)3-5/h4,6H,3H2,1-2H3/t4-/m0/s1. The van der Waals surface area contributed by atoms with E-state index < -0.39 is 13.0 Å². The van der Waals surface area contributed by atoms with Crippen LogP contribution in [0.25, 0.3) is 0 Å².